The number of nitrogens with one attached hydrogen (secondary N) is 1. The lowest BCUT2D eigenvalue weighted by Crippen LogP contribution is -2.14. The quantitative estimate of drug-likeness (QED) is 0.749. The largest absolute Gasteiger partial charge is 0.497 e. The third-order valence-electron chi connectivity index (χ3n) is 3.58. The molecule has 0 aromatic heterocycles. The van der Waals surface area contributed by atoms with Crippen LogP contribution in [-0.2, 0) is 10.0 Å². The molecule has 0 unspecified atom stereocenters. The Hall–Kier alpha value is -2.81. The summed E-state index contributed by atoms with van der Waals surface area (Å²) in [4.78, 5) is -0.0619. The van der Waals surface area contributed by atoms with Gasteiger partial charge in [0.1, 0.15) is 16.4 Å². The van der Waals surface area contributed by atoms with Gasteiger partial charge in [-0.15, -0.1) is 0 Å². The number of sulfonamides is 1. The summed E-state index contributed by atoms with van der Waals surface area (Å²) in [6.45, 7) is 0. The Kier molecular flexibility index (Phi) is 6.04. The van der Waals surface area contributed by atoms with Crippen LogP contribution < -0.4 is 28.4 Å². The molecule has 142 valence electrons. The zero-order valence-electron chi connectivity index (χ0n) is 15.2. The molecule has 9 heteroatoms. The van der Waals surface area contributed by atoms with Gasteiger partial charge in [0, 0.05) is 18.2 Å². The van der Waals surface area contributed by atoms with Crippen molar-refractivity contribution in [3.63, 3.8) is 0 Å². The van der Waals surface area contributed by atoms with Gasteiger partial charge in [-0.05, 0) is 12.1 Å². The van der Waals surface area contributed by atoms with Gasteiger partial charge in [0.05, 0.1) is 41.2 Å². The number of rotatable bonds is 8. The molecule has 2 aromatic rings. The van der Waals surface area contributed by atoms with Crippen molar-refractivity contribution >= 4 is 15.7 Å². The molecule has 8 nitrogen and oxygen atoms in total. The van der Waals surface area contributed by atoms with Crippen molar-refractivity contribution in [2.75, 3.05) is 40.3 Å². The molecule has 0 aliphatic carbocycles. The normalized spacial score (nSPS) is 10.8. The highest BCUT2D eigenvalue weighted by Gasteiger charge is 2.22. The van der Waals surface area contributed by atoms with Crippen LogP contribution in [0.2, 0.25) is 0 Å². The summed E-state index contributed by atoms with van der Waals surface area (Å²) in [6, 6.07) is 7.48. The Labute approximate surface area is 152 Å². The molecule has 0 heterocycles. The van der Waals surface area contributed by atoms with Gasteiger partial charge in [0.25, 0.3) is 10.0 Å². The van der Waals surface area contributed by atoms with E-state index in [2.05, 4.69) is 4.72 Å². The summed E-state index contributed by atoms with van der Waals surface area (Å²) in [5, 5.41) is 0. The van der Waals surface area contributed by atoms with Gasteiger partial charge in [-0.2, -0.15) is 0 Å². The minimum absolute atomic E-state index is 0.0619. The van der Waals surface area contributed by atoms with E-state index >= 15 is 0 Å². The van der Waals surface area contributed by atoms with Crippen molar-refractivity contribution in [3.05, 3.63) is 30.3 Å². The molecular formula is C17H21NO7S. The molecule has 2 rings (SSSR count). The van der Waals surface area contributed by atoms with Crippen LogP contribution in [0.4, 0.5) is 5.69 Å². The minimum atomic E-state index is -3.97. The predicted octanol–water partition coefficient (Wildman–Crippen LogP) is 2.53. The fourth-order valence-corrected chi connectivity index (χ4v) is 3.57. The van der Waals surface area contributed by atoms with Gasteiger partial charge in [0.15, 0.2) is 11.5 Å². The molecule has 0 radical (unpaired) electrons. The second-order valence-corrected chi connectivity index (χ2v) is 6.69. The number of anilines is 1. The van der Waals surface area contributed by atoms with Gasteiger partial charge >= 0.3 is 0 Å². The average Bonchev–Trinajstić information content (AvgIpc) is 2.66. The molecule has 0 aliphatic rings. The molecule has 1 N–H and O–H groups in total. The molecule has 0 amide bonds. The third kappa shape index (κ3) is 3.88. The summed E-state index contributed by atoms with van der Waals surface area (Å²) in [5.41, 5.74) is 0.240. The summed E-state index contributed by atoms with van der Waals surface area (Å²) < 4.78 is 54.1. The van der Waals surface area contributed by atoms with E-state index < -0.39 is 10.0 Å². The van der Waals surface area contributed by atoms with Gasteiger partial charge in [-0.1, -0.05) is 0 Å². The average molecular weight is 383 g/mol. The lowest BCUT2D eigenvalue weighted by molar-refractivity contribution is 0.324. The summed E-state index contributed by atoms with van der Waals surface area (Å²) in [5.74, 6) is 1.57. The molecule has 0 aliphatic heterocycles. The maximum Gasteiger partial charge on any atom is 0.265 e. The highest BCUT2D eigenvalue weighted by molar-refractivity contribution is 7.92. The van der Waals surface area contributed by atoms with Crippen LogP contribution in [0.1, 0.15) is 0 Å². The molecule has 0 saturated carbocycles. The first-order valence-corrected chi connectivity index (χ1v) is 8.93. The lowest BCUT2D eigenvalue weighted by Gasteiger charge is -2.16. The van der Waals surface area contributed by atoms with Crippen LogP contribution in [0.5, 0.6) is 28.7 Å². The van der Waals surface area contributed by atoms with Crippen LogP contribution in [0.25, 0.3) is 0 Å². The first-order chi connectivity index (χ1) is 12.4. The zero-order valence-corrected chi connectivity index (χ0v) is 16.0. The molecule has 0 bridgehead atoms. The maximum absolute atomic E-state index is 12.8. The van der Waals surface area contributed by atoms with E-state index in [4.69, 9.17) is 23.7 Å². The van der Waals surface area contributed by atoms with E-state index in [0.717, 1.165) is 0 Å². The molecule has 0 fully saturated rings. The van der Waals surface area contributed by atoms with Crippen LogP contribution in [0.15, 0.2) is 35.2 Å². The Morgan fingerprint density at radius 1 is 0.731 bits per heavy atom. The number of methoxy groups -OCH3 is 5. The summed E-state index contributed by atoms with van der Waals surface area (Å²) in [6.07, 6.45) is 0. The van der Waals surface area contributed by atoms with E-state index in [-0.39, 0.29) is 16.3 Å². The third-order valence-corrected chi connectivity index (χ3v) is 4.98. The number of hydrogen-bond acceptors (Lipinski definition) is 7. The van der Waals surface area contributed by atoms with Crippen LogP contribution in [0, 0.1) is 0 Å². The molecular weight excluding hydrogens is 362 g/mol. The molecule has 2 aromatic carbocycles. The standard InChI is InChI=1S/C17H21NO7S/c1-21-12-6-7-13(22-2)16(10-12)26(19,20)18-11-8-14(23-3)17(25-5)15(9-11)24-4/h6-10,18H,1-5H3. The number of benzene rings is 2. The predicted molar refractivity (Wildman–Crippen MR) is 96.5 cm³/mol. The smallest absolute Gasteiger partial charge is 0.265 e. The van der Waals surface area contributed by atoms with Gasteiger partial charge in [0.2, 0.25) is 5.75 Å². The first kappa shape index (κ1) is 19.5. The molecule has 0 spiro atoms. The fourth-order valence-electron chi connectivity index (χ4n) is 2.34. The first-order valence-electron chi connectivity index (χ1n) is 7.45. The van der Waals surface area contributed by atoms with Crippen molar-refractivity contribution in [2.45, 2.75) is 4.90 Å². The van der Waals surface area contributed by atoms with E-state index in [9.17, 15) is 8.42 Å². The minimum Gasteiger partial charge on any atom is -0.497 e. The summed E-state index contributed by atoms with van der Waals surface area (Å²) in [7, 11) is 3.23. The van der Waals surface area contributed by atoms with E-state index in [1.807, 2.05) is 0 Å². The Balaban J connectivity index is 2.50. The van der Waals surface area contributed by atoms with Crippen LogP contribution >= 0.6 is 0 Å². The maximum atomic E-state index is 12.8. The highest BCUT2D eigenvalue weighted by Crippen LogP contribution is 2.40. The molecule has 26 heavy (non-hydrogen) atoms. The Morgan fingerprint density at radius 2 is 1.31 bits per heavy atom. The second-order valence-electron chi connectivity index (χ2n) is 5.04. The lowest BCUT2D eigenvalue weighted by atomic mass is 10.2. The highest BCUT2D eigenvalue weighted by atomic mass is 32.2. The fraction of sp³-hybridized carbons (Fsp3) is 0.294. The number of hydrogen-bond donors (Lipinski definition) is 1. The molecule has 0 saturated heterocycles. The topological polar surface area (TPSA) is 92.3 Å². The van der Waals surface area contributed by atoms with Gasteiger partial charge in [-0.3, -0.25) is 4.72 Å². The Morgan fingerprint density at radius 3 is 1.77 bits per heavy atom. The van der Waals surface area contributed by atoms with Crippen molar-refractivity contribution in [1.82, 2.24) is 0 Å². The van der Waals surface area contributed by atoms with E-state index in [1.165, 1.54) is 59.8 Å². The Bertz CT molecular complexity index is 856. The second kappa shape index (κ2) is 8.05. The van der Waals surface area contributed by atoms with Gasteiger partial charge in [-0.25, -0.2) is 8.42 Å². The SMILES string of the molecule is COc1ccc(OC)c(S(=O)(=O)Nc2cc(OC)c(OC)c(OC)c2)c1. The van der Waals surface area contributed by atoms with Crippen LogP contribution in [0.3, 0.4) is 0 Å². The van der Waals surface area contributed by atoms with E-state index in [0.29, 0.717) is 23.0 Å². The molecule has 0 atom stereocenters. The van der Waals surface area contributed by atoms with Crippen molar-refractivity contribution < 1.29 is 32.1 Å². The van der Waals surface area contributed by atoms with Gasteiger partial charge < -0.3 is 23.7 Å². The van der Waals surface area contributed by atoms with Crippen molar-refractivity contribution in [3.8, 4) is 28.7 Å². The summed E-state index contributed by atoms with van der Waals surface area (Å²) >= 11 is 0. The number of ether oxygens (including phenoxy) is 5. The van der Waals surface area contributed by atoms with Crippen molar-refractivity contribution in [1.29, 1.82) is 0 Å². The van der Waals surface area contributed by atoms with Crippen molar-refractivity contribution in [2.24, 2.45) is 0 Å². The monoisotopic (exact) mass is 383 g/mol. The zero-order chi connectivity index (χ0) is 19.3. The van der Waals surface area contributed by atoms with Crippen LogP contribution in [-0.4, -0.2) is 44.0 Å². The van der Waals surface area contributed by atoms with E-state index in [1.54, 1.807) is 6.07 Å².